The van der Waals surface area contributed by atoms with Gasteiger partial charge in [-0.1, -0.05) is 37.1 Å². The number of benzene rings is 1. The van der Waals surface area contributed by atoms with Crippen molar-refractivity contribution in [2.45, 2.75) is 51.1 Å². The number of guanidine groups is 1. The topological polar surface area (TPSA) is 61.8 Å². The molecule has 1 aliphatic carbocycles. The molecule has 1 unspecified atom stereocenters. The molecule has 1 saturated heterocycles. The average molecular weight is 376 g/mol. The smallest absolute Gasteiger partial charge is 0.194 e. The van der Waals surface area contributed by atoms with Crippen LogP contribution in [0.3, 0.4) is 0 Å². The van der Waals surface area contributed by atoms with E-state index in [1.165, 1.54) is 36.8 Å². The van der Waals surface area contributed by atoms with Gasteiger partial charge in [0, 0.05) is 25.7 Å². The van der Waals surface area contributed by atoms with Crippen molar-refractivity contribution in [3.63, 3.8) is 0 Å². The third kappa shape index (κ3) is 4.22. The van der Waals surface area contributed by atoms with E-state index in [0.29, 0.717) is 24.1 Å². The molecule has 6 heteroatoms. The number of hydrogen-bond donors (Lipinski definition) is 1. The van der Waals surface area contributed by atoms with Crippen LogP contribution in [0.25, 0.3) is 0 Å². The zero-order chi connectivity index (χ0) is 18.0. The van der Waals surface area contributed by atoms with Crippen LogP contribution in [0.1, 0.15) is 43.2 Å². The van der Waals surface area contributed by atoms with Crippen LogP contribution in [-0.4, -0.2) is 49.9 Å². The van der Waals surface area contributed by atoms with Crippen LogP contribution >= 0.6 is 0 Å². The van der Waals surface area contributed by atoms with E-state index in [-0.39, 0.29) is 5.92 Å². The zero-order valence-electron chi connectivity index (χ0n) is 15.4. The van der Waals surface area contributed by atoms with Crippen LogP contribution in [0.5, 0.6) is 0 Å². The molecule has 0 bridgehead atoms. The number of sulfone groups is 1. The van der Waals surface area contributed by atoms with Gasteiger partial charge in [0.1, 0.15) is 0 Å². The lowest BCUT2D eigenvalue weighted by Gasteiger charge is -2.33. The first kappa shape index (κ1) is 17.8. The zero-order valence-corrected chi connectivity index (χ0v) is 16.2. The van der Waals surface area contributed by atoms with Gasteiger partial charge in [0.2, 0.25) is 0 Å². The van der Waals surface area contributed by atoms with Gasteiger partial charge in [-0.25, -0.2) is 8.42 Å². The highest BCUT2D eigenvalue weighted by Crippen LogP contribution is 2.22. The lowest BCUT2D eigenvalue weighted by Crippen LogP contribution is -2.47. The van der Waals surface area contributed by atoms with Crippen molar-refractivity contribution >= 4 is 15.8 Å². The first-order chi connectivity index (χ1) is 12.6. The summed E-state index contributed by atoms with van der Waals surface area (Å²) in [6, 6.07) is 9.15. The quantitative estimate of drug-likeness (QED) is 0.651. The summed E-state index contributed by atoms with van der Waals surface area (Å²) in [6.07, 6.45) is 6.79. The first-order valence-corrected chi connectivity index (χ1v) is 11.7. The predicted molar refractivity (Wildman–Crippen MR) is 105 cm³/mol. The van der Waals surface area contributed by atoms with Gasteiger partial charge in [-0.2, -0.15) is 0 Å². The maximum absolute atomic E-state index is 11.7. The van der Waals surface area contributed by atoms with E-state index in [1.807, 2.05) is 0 Å². The van der Waals surface area contributed by atoms with Crippen LogP contribution in [0.4, 0.5) is 0 Å². The van der Waals surface area contributed by atoms with Gasteiger partial charge in [0.05, 0.1) is 11.5 Å². The Morgan fingerprint density at radius 3 is 2.65 bits per heavy atom. The molecule has 0 radical (unpaired) electrons. The standard InChI is InChI=1S/C20H29N3O2S/c24-26(25)12-10-16(15-26)13-21-20(22-19-7-3-4-8-19)23-11-9-17-5-1-2-6-18(17)14-23/h1-2,5-6,16,19H,3-4,7-15H2,(H,21,22). The molecule has 0 amide bonds. The molecule has 1 atom stereocenters. The number of hydrogen-bond acceptors (Lipinski definition) is 3. The van der Waals surface area contributed by atoms with Crippen molar-refractivity contribution in [2.24, 2.45) is 10.9 Å². The van der Waals surface area contributed by atoms with Gasteiger partial charge in [-0.3, -0.25) is 4.99 Å². The van der Waals surface area contributed by atoms with E-state index < -0.39 is 9.84 Å². The third-order valence-electron chi connectivity index (χ3n) is 5.94. The largest absolute Gasteiger partial charge is 0.353 e. The van der Waals surface area contributed by atoms with Gasteiger partial charge in [-0.05, 0) is 42.7 Å². The predicted octanol–water partition coefficient (Wildman–Crippen LogP) is 2.37. The molecule has 0 spiro atoms. The van der Waals surface area contributed by atoms with Crippen molar-refractivity contribution in [3.8, 4) is 0 Å². The Hall–Kier alpha value is -1.56. The number of nitrogens with zero attached hydrogens (tertiary/aromatic N) is 2. The molecule has 1 N–H and O–H groups in total. The SMILES string of the molecule is O=S1(=O)CCC(CN=C(NC2CCCC2)N2CCc3ccccc3C2)C1. The average Bonchev–Trinajstić information content (AvgIpc) is 3.27. The number of nitrogens with one attached hydrogen (secondary N) is 1. The molecule has 26 heavy (non-hydrogen) atoms. The van der Waals surface area contributed by atoms with Crippen molar-refractivity contribution in [3.05, 3.63) is 35.4 Å². The van der Waals surface area contributed by atoms with Crippen molar-refractivity contribution in [1.82, 2.24) is 10.2 Å². The fourth-order valence-corrected chi connectivity index (χ4v) is 6.25. The summed E-state index contributed by atoms with van der Waals surface area (Å²) < 4.78 is 23.5. The number of fused-ring (bicyclic) bond motifs is 1. The molecule has 2 aliphatic heterocycles. The Kier molecular flexibility index (Phi) is 5.20. The molecule has 1 saturated carbocycles. The molecule has 3 aliphatic rings. The Labute approximate surface area is 156 Å². The second-order valence-corrected chi connectivity index (χ2v) is 10.2. The number of aliphatic imine (C=N–C) groups is 1. The van der Waals surface area contributed by atoms with Gasteiger partial charge in [0.25, 0.3) is 0 Å². The van der Waals surface area contributed by atoms with E-state index in [1.54, 1.807) is 0 Å². The summed E-state index contributed by atoms with van der Waals surface area (Å²) in [5, 5.41) is 3.69. The van der Waals surface area contributed by atoms with E-state index in [9.17, 15) is 8.42 Å². The summed E-state index contributed by atoms with van der Waals surface area (Å²) in [7, 11) is -2.83. The molecule has 2 heterocycles. The third-order valence-corrected chi connectivity index (χ3v) is 7.78. The molecule has 5 nitrogen and oxygen atoms in total. The minimum atomic E-state index is -2.83. The van der Waals surface area contributed by atoms with E-state index >= 15 is 0 Å². The minimum absolute atomic E-state index is 0.178. The highest BCUT2D eigenvalue weighted by molar-refractivity contribution is 7.91. The van der Waals surface area contributed by atoms with Gasteiger partial charge in [-0.15, -0.1) is 0 Å². The maximum Gasteiger partial charge on any atom is 0.194 e. The first-order valence-electron chi connectivity index (χ1n) is 9.92. The fraction of sp³-hybridized carbons (Fsp3) is 0.650. The van der Waals surface area contributed by atoms with Crippen LogP contribution < -0.4 is 5.32 Å². The Morgan fingerprint density at radius 2 is 1.92 bits per heavy atom. The summed E-state index contributed by atoms with van der Waals surface area (Å²) in [5.41, 5.74) is 2.81. The van der Waals surface area contributed by atoms with Gasteiger partial charge < -0.3 is 10.2 Å². The van der Waals surface area contributed by atoms with Crippen LogP contribution in [0, 0.1) is 5.92 Å². The number of rotatable bonds is 3. The molecular formula is C20H29N3O2S. The summed E-state index contributed by atoms with van der Waals surface area (Å²) in [5.74, 6) is 1.79. The molecule has 2 fully saturated rings. The molecule has 1 aromatic rings. The molecule has 4 rings (SSSR count). The van der Waals surface area contributed by atoms with E-state index in [0.717, 1.165) is 31.9 Å². The lowest BCUT2D eigenvalue weighted by molar-refractivity contribution is 0.369. The van der Waals surface area contributed by atoms with Crippen molar-refractivity contribution in [2.75, 3.05) is 24.6 Å². The Balaban J connectivity index is 1.48. The van der Waals surface area contributed by atoms with E-state index in [4.69, 9.17) is 4.99 Å². The van der Waals surface area contributed by atoms with Crippen LogP contribution in [0.2, 0.25) is 0 Å². The Morgan fingerprint density at radius 1 is 1.15 bits per heavy atom. The van der Waals surface area contributed by atoms with Crippen molar-refractivity contribution in [1.29, 1.82) is 0 Å². The molecule has 142 valence electrons. The second-order valence-electron chi connectivity index (χ2n) is 8.00. The summed E-state index contributed by atoms with van der Waals surface area (Å²) in [6.45, 7) is 2.47. The summed E-state index contributed by atoms with van der Waals surface area (Å²) >= 11 is 0. The van der Waals surface area contributed by atoms with Crippen LogP contribution in [-0.2, 0) is 22.8 Å². The van der Waals surface area contributed by atoms with E-state index in [2.05, 4.69) is 34.5 Å². The highest BCUT2D eigenvalue weighted by Gasteiger charge is 2.28. The molecule has 0 aromatic heterocycles. The molecular weight excluding hydrogens is 346 g/mol. The maximum atomic E-state index is 11.7. The second kappa shape index (κ2) is 7.59. The highest BCUT2D eigenvalue weighted by atomic mass is 32.2. The molecule has 1 aromatic carbocycles. The van der Waals surface area contributed by atoms with Crippen molar-refractivity contribution < 1.29 is 8.42 Å². The lowest BCUT2D eigenvalue weighted by atomic mass is 10.0. The van der Waals surface area contributed by atoms with Crippen LogP contribution in [0.15, 0.2) is 29.3 Å². The Bertz CT molecular complexity index is 769. The summed E-state index contributed by atoms with van der Waals surface area (Å²) in [4.78, 5) is 7.25. The van der Waals surface area contributed by atoms with Gasteiger partial charge >= 0.3 is 0 Å². The fourth-order valence-electron chi connectivity index (χ4n) is 4.40. The monoisotopic (exact) mass is 375 g/mol. The normalized spacial score (nSPS) is 26.1. The minimum Gasteiger partial charge on any atom is -0.353 e. The van der Waals surface area contributed by atoms with Gasteiger partial charge in [0.15, 0.2) is 15.8 Å².